The minimum Gasteiger partial charge on any atom is -0.468 e. The second-order valence-electron chi connectivity index (χ2n) is 13.4. The Morgan fingerprint density at radius 2 is 1.47 bits per heavy atom. The molecule has 3 atom stereocenters. The van der Waals surface area contributed by atoms with E-state index < -0.39 is 59.1 Å². The first-order valence-corrected chi connectivity index (χ1v) is 17.0. The van der Waals surface area contributed by atoms with Crippen LogP contribution in [0.5, 0.6) is 0 Å². The van der Waals surface area contributed by atoms with Crippen molar-refractivity contribution in [1.82, 2.24) is 24.6 Å². The van der Waals surface area contributed by atoms with Gasteiger partial charge in [-0.05, 0) is 62.3 Å². The average molecular weight is 725 g/mol. The van der Waals surface area contributed by atoms with Gasteiger partial charge in [0.25, 0.3) is 0 Å². The zero-order chi connectivity index (χ0) is 37.1. The summed E-state index contributed by atoms with van der Waals surface area (Å²) in [6.45, 7) is 3.30. The number of methoxy groups -OCH3 is 1. The molecule has 3 aromatic rings. The van der Waals surface area contributed by atoms with Crippen LogP contribution in [0.3, 0.4) is 0 Å². The fourth-order valence-electron chi connectivity index (χ4n) is 7.34. The van der Waals surface area contributed by atoms with E-state index in [2.05, 4.69) is 15.1 Å². The molecule has 10 nitrogen and oxygen atoms in total. The van der Waals surface area contributed by atoms with Gasteiger partial charge in [-0.15, -0.1) is 0 Å². The number of aryl methyl sites for hydroxylation is 1. The smallest absolute Gasteiger partial charge is 0.416 e. The molecule has 1 saturated heterocycles. The van der Waals surface area contributed by atoms with Crippen LogP contribution in [-0.4, -0.2) is 68.6 Å². The topological polar surface area (TPSA) is 103 Å². The maximum Gasteiger partial charge on any atom is 0.416 e. The van der Waals surface area contributed by atoms with Crippen molar-refractivity contribution in [3.8, 4) is 11.1 Å². The van der Waals surface area contributed by atoms with Crippen LogP contribution < -0.4 is 4.90 Å². The maximum absolute atomic E-state index is 13.8. The van der Waals surface area contributed by atoms with Gasteiger partial charge in [0, 0.05) is 61.4 Å². The van der Waals surface area contributed by atoms with Gasteiger partial charge in [0.15, 0.2) is 0 Å². The molecule has 0 radical (unpaired) electrons. The summed E-state index contributed by atoms with van der Waals surface area (Å²) in [5.74, 6) is -0.306. The summed E-state index contributed by atoms with van der Waals surface area (Å²) in [6, 6.07) is 0.258. The third-order valence-electron chi connectivity index (χ3n) is 10.1. The minimum absolute atomic E-state index is 0.104. The third-order valence-corrected chi connectivity index (χ3v) is 10.1. The number of benzene rings is 1. The molecule has 0 unspecified atom stereocenters. The second-order valence-corrected chi connectivity index (χ2v) is 13.4. The molecule has 2 aliphatic rings. The van der Waals surface area contributed by atoms with E-state index in [1.165, 1.54) is 19.5 Å². The number of hydrogen-bond acceptors (Lipinski definition) is 8. The molecule has 1 amide bonds. The first kappa shape index (κ1) is 37.9. The zero-order valence-corrected chi connectivity index (χ0v) is 28.9. The number of hydrogen-bond donors (Lipinski definition) is 0. The van der Waals surface area contributed by atoms with Gasteiger partial charge in [-0.3, -0.25) is 9.48 Å². The van der Waals surface area contributed by atoms with Gasteiger partial charge in [-0.1, -0.05) is 26.7 Å². The standard InChI is InChI=1S/C35H42F6N6O4/c1-5-27-14-29(15-28(6-2)47(27)32(49)51-21-33(30(48)50-4)9-7-8-10-33)46(31-42-16-23(17-43-31)24-18-44-45(3)20-24)19-22-11-25(34(36,37)38)13-26(12-22)35(39,40)41/h11-13,16-18,20,27-29H,5-10,14-15,19,21H2,1-4H3/t27-,28+,29+. The zero-order valence-electron chi connectivity index (χ0n) is 28.9. The van der Waals surface area contributed by atoms with Crippen molar-refractivity contribution >= 4 is 18.0 Å². The van der Waals surface area contributed by atoms with Crippen molar-refractivity contribution in [2.75, 3.05) is 18.6 Å². The summed E-state index contributed by atoms with van der Waals surface area (Å²) in [5.41, 5.74) is -2.61. The van der Waals surface area contributed by atoms with Crippen molar-refractivity contribution in [2.24, 2.45) is 12.5 Å². The predicted molar refractivity (Wildman–Crippen MR) is 174 cm³/mol. The summed E-state index contributed by atoms with van der Waals surface area (Å²) in [5, 5.41) is 4.15. The highest BCUT2D eigenvalue weighted by Gasteiger charge is 2.46. The molecule has 5 rings (SSSR count). The van der Waals surface area contributed by atoms with Crippen LogP contribution in [-0.2, 0) is 40.2 Å². The van der Waals surface area contributed by atoms with Crippen LogP contribution in [0.2, 0.25) is 0 Å². The van der Waals surface area contributed by atoms with E-state index >= 15 is 0 Å². The van der Waals surface area contributed by atoms with E-state index in [1.807, 2.05) is 13.8 Å². The number of halogens is 6. The van der Waals surface area contributed by atoms with Crippen molar-refractivity contribution in [2.45, 2.75) is 102 Å². The Kier molecular flexibility index (Phi) is 11.2. The van der Waals surface area contributed by atoms with Crippen molar-refractivity contribution in [3.05, 3.63) is 59.7 Å². The van der Waals surface area contributed by atoms with Gasteiger partial charge in [-0.2, -0.15) is 31.4 Å². The van der Waals surface area contributed by atoms with Gasteiger partial charge >= 0.3 is 24.4 Å². The maximum atomic E-state index is 13.8. The summed E-state index contributed by atoms with van der Waals surface area (Å²) in [6.07, 6.45) is 0.115. The summed E-state index contributed by atoms with van der Waals surface area (Å²) in [4.78, 5) is 38.7. The molecule has 2 aromatic heterocycles. The number of carbonyl (C=O) groups excluding carboxylic acids is 2. The lowest BCUT2D eigenvalue weighted by atomic mass is 9.87. The van der Waals surface area contributed by atoms with E-state index in [4.69, 9.17) is 9.47 Å². The van der Waals surface area contributed by atoms with Gasteiger partial charge < -0.3 is 19.3 Å². The number of anilines is 1. The Balaban J connectivity index is 1.47. The number of likely N-dealkylation sites (tertiary alicyclic amines) is 1. The second kappa shape index (κ2) is 15.1. The Bertz CT molecular complexity index is 1630. The molecular weight excluding hydrogens is 682 g/mol. The number of esters is 1. The molecule has 1 aliphatic carbocycles. The monoisotopic (exact) mass is 724 g/mol. The van der Waals surface area contributed by atoms with Crippen molar-refractivity contribution in [1.29, 1.82) is 0 Å². The number of amides is 1. The molecule has 1 saturated carbocycles. The number of piperidine rings is 1. The number of carbonyl (C=O) groups is 2. The molecule has 0 spiro atoms. The Hall–Kier alpha value is -4.37. The number of aromatic nitrogens is 4. The number of alkyl halides is 6. The molecule has 2 fully saturated rings. The van der Waals surface area contributed by atoms with E-state index in [0.717, 1.165) is 18.4 Å². The van der Waals surface area contributed by atoms with Crippen molar-refractivity contribution in [3.63, 3.8) is 0 Å². The van der Waals surface area contributed by atoms with E-state index in [-0.39, 0.29) is 30.7 Å². The highest BCUT2D eigenvalue weighted by Crippen LogP contribution is 2.41. The van der Waals surface area contributed by atoms with Crippen LogP contribution in [0.15, 0.2) is 43.0 Å². The Labute approximate surface area is 292 Å². The van der Waals surface area contributed by atoms with Gasteiger partial charge in [0.05, 0.1) is 24.4 Å². The number of ether oxygens (including phenoxy) is 2. The van der Waals surface area contributed by atoms with Crippen molar-refractivity contribution < 1.29 is 45.4 Å². The van der Waals surface area contributed by atoms with Crippen LogP contribution in [0.4, 0.5) is 37.1 Å². The highest BCUT2D eigenvalue weighted by molar-refractivity contribution is 5.78. The molecular formula is C35H42F6N6O4. The van der Waals surface area contributed by atoms with Crippen LogP contribution in [0.25, 0.3) is 11.1 Å². The van der Waals surface area contributed by atoms with E-state index in [0.29, 0.717) is 56.2 Å². The number of rotatable bonds is 10. The van der Waals surface area contributed by atoms with E-state index in [9.17, 15) is 35.9 Å². The van der Waals surface area contributed by atoms with Crippen LogP contribution >= 0.6 is 0 Å². The lowest BCUT2D eigenvalue weighted by molar-refractivity contribution is -0.155. The average Bonchev–Trinajstić information content (AvgIpc) is 3.77. The fourth-order valence-corrected chi connectivity index (χ4v) is 7.34. The molecule has 1 aromatic carbocycles. The van der Waals surface area contributed by atoms with E-state index in [1.54, 1.807) is 33.9 Å². The van der Waals surface area contributed by atoms with Gasteiger partial charge in [-0.25, -0.2) is 14.8 Å². The Morgan fingerprint density at radius 3 is 1.94 bits per heavy atom. The lowest BCUT2D eigenvalue weighted by Crippen LogP contribution is -2.57. The summed E-state index contributed by atoms with van der Waals surface area (Å²) < 4.78 is 95.4. The first-order valence-electron chi connectivity index (χ1n) is 17.0. The molecule has 51 heavy (non-hydrogen) atoms. The summed E-state index contributed by atoms with van der Waals surface area (Å²) >= 11 is 0. The molecule has 0 bridgehead atoms. The lowest BCUT2D eigenvalue weighted by Gasteiger charge is -2.47. The predicted octanol–water partition coefficient (Wildman–Crippen LogP) is 7.81. The molecule has 0 N–H and O–H groups in total. The molecule has 278 valence electrons. The quantitative estimate of drug-likeness (QED) is 0.154. The number of nitrogens with zero attached hydrogens (tertiary/aromatic N) is 6. The molecule has 16 heteroatoms. The highest BCUT2D eigenvalue weighted by atomic mass is 19.4. The molecule has 3 heterocycles. The van der Waals surface area contributed by atoms with Gasteiger partial charge in [0.2, 0.25) is 5.95 Å². The van der Waals surface area contributed by atoms with Crippen LogP contribution in [0, 0.1) is 5.41 Å². The van der Waals surface area contributed by atoms with Gasteiger partial charge in [0.1, 0.15) is 12.0 Å². The fraction of sp³-hybridized carbons (Fsp3) is 0.571. The first-order chi connectivity index (χ1) is 24.1. The minimum atomic E-state index is -5.01. The summed E-state index contributed by atoms with van der Waals surface area (Å²) in [7, 11) is 3.05. The largest absolute Gasteiger partial charge is 0.468 e. The van der Waals surface area contributed by atoms with Crippen LogP contribution in [0.1, 0.15) is 81.9 Å². The SMILES string of the molecule is CC[C@@H]1C[C@H](N(Cc2cc(C(F)(F)F)cc(C(F)(F)F)c2)c2ncc(-c3cnn(C)c3)cn2)C[C@H](CC)N1C(=O)OCC1(C(=O)OC)CCCC1. The third kappa shape index (κ3) is 8.41. The Morgan fingerprint density at radius 1 is 0.902 bits per heavy atom. The molecule has 1 aliphatic heterocycles. The normalized spacial score (nSPS) is 20.7.